The van der Waals surface area contributed by atoms with Gasteiger partial charge in [0.2, 0.25) is 10.0 Å². The first kappa shape index (κ1) is 28.0. The van der Waals surface area contributed by atoms with Crippen LogP contribution in [0.25, 0.3) is 0 Å². The molecular formula is C31H36FNO4S. The Balaban J connectivity index is 1.67. The number of rotatable bonds is 8. The molecule has 0 amide bonds. The number of benzene rings is 3. The lowest BCUT2D eigenvalue weighted by molar-refractivity contribution is -0.123. The van der Waals surface area contributed by atoms with Gasteiger partial charge in [-0.1, -0.05) is 63.2 Å². The van der Waals surface area contributed by atoms with Gasteiger partial charge in [0.15, 0.2) is 0 Å². The molecular weight excluding hydrogens is 501 g/mol. The van der Waals surface area contributed by atoms with Crippen LogP contribution < -0.4 is 4.74 Å². The Hall–Kier alpha value is -3.03. The molecule has 38 heavy (non-hydrogen) atoms. The average molecular weight is 538 g/mol. The third kappa shape index (κ3) is 6.33. The molecule has 0 radical (unpaired) electrons. The maximum Gasteiger partial charge on any atom is 0.244 e. The summed E-state index contributed by atoms with van der Waals surface area (Å²) in [6.07, 6.45) is 2.60. The first-order valence-electron chi connectivity index (χ1n) is 13.0. The van der Waals surface area contributed by atoms with E-state index in [0.717, 1.165) is 41.3 Å². The fraction of sp³-hybridized carbons (Fsp3) is 0.387. The molecule has 5 nitrogen and oxygen atoms in total. The molecule has 4 rings (SSSR count). The molecule has 2 unspecified atom stereocenters. The van der Waals surface area contributed by atoms with Crippen molar-refractivity contribution in [2.75, 3.05) is 13.7 Å². The summed E-state index contributed by atoms with van der Waals surface area (Å²) in [4.78, 5) is 12.8. The lowest BCUT2D eigenvalue weighted by atomic mass is 9.80. The summed E-state index contributed by atoms with van der Waals surface area (Å²) in [6, 6.07) is 20.4. The van der Waals surface area contributed by atoms with Gasteiger partial charge >= 0.3 is 0 Å². The molecule has 1 fully saturated rings. The standard InChI is InChI=1S/C31H36FNO4S/c1-31(2,3)25-15-13-23(14-16-25)30-24(8-5-7-22-11-17-28(37-4)18-12-22)19-27(34)21-33(30)38(35,36)29-10-6-9-26(32)20-29/h6,9-18,20,24,30H,5,7-8,19,21H2,1-4H3. The first-order chi connectivity index (χ1) is 18.0. The maximum atomic E-state index is 14.0. The van der Waals surface area contributed by atoms with Crippen LogP contribution in [0.15, 0.2) is 77.7 Å². The number of hydrogen-bond donors (Lipinski definition) is 0. The largest absolute Gasteiger partial charge is 0.497 e. The van der Waals surface area contributed by atoms with Crippen LogP contribution in [-0.4, -0.2) is 32.2 Å². The number of methoxy groups -OCH3 is 1. The van der Waals surface area contributed by atoms with Crippen LogP contribution in [0, 0.1) is 11.7 Å². The highest BCUT2D eigenvalue weighted by molar-refractivity contribution is 7.89. The predicted octanol–water partition coefficient (Wildman–Crippen LogP) is 6.48. The van der Waals surface area contributed by atoms with Crippen LogP contribution >= 0.6 is 0 Å². The number of halogens is 1. The van der Waals surface area contributed by atoms with Crippen molar-refractivity contribution >= 4 is 15.8 Å². The highest BCUT2D eigenvalue weighted by Gasteiger charge is 2.42. The molecule has 3 aromatic rings. The second-order valence-corrected chi connectivity index (χ2v) is 13.0. The van der Waals surface area contributed by atoms with Gasteiger partial charge in [-0.25, -0.2) is 12.8 Å². The topological polar surface area (TPSA) is 63.7 Å². The van der Waals surface area contributed by atoms with Crippen molar-refractivity contribution in [2.24, 2.45) is 5.92 Å². The van der Waals surface area contributed by atoms with Crippen LogP contribution in [0.4, 0.5) is 4.39 Å². The molecule has 2 atom stereocenters. The van der Waals surface area contributed by atoms with E-state index in [-0.39, 0.29) is 28.6 Å². The van der Waals surface area contributed by atoms with Crippen molar-refractivity contribution in [3.63, 3.8) is 0 Å². The Bertz CT molecular complexity index is 1360. The van der Waals surface area contributed by atoms with Crippen LogP contribution in [0.5, 0.6) is 5.75 Å². The van der Waals surface area contributed by atoms with E-state index in [2.05, 4.69) is 20.8 Å². The third-order valence-electron chi connectivity index (χ3n) is 7.30. The van der Waals surface area contributed by atoms with Gasteiger partial charge in [0, 0.05) is 6.42 Å². The molecule has 0 aromatic heterocycles. The number of Topliss-reactive ketones (excluding diaryl/α,β-unsaturated/α-hetero) is 1. The second-order valence-electron chi connectivity index (χ2n) is 11.1. The van der Waals surface area contributed by atoms with Gasteiger partial charge in [0.25, 0.3) is 0 Å². The highest BCUT2D eigenvalue weighted by Crippen LogP contribution is 2.41. The zero-order chi connectivity index (χ0) is 27.5. The third-order valence-corrected chi connectivity index (χ3v) is 9.12. The monoisotopic (exact) mass is 537 g/mol. The smallest absolute Gasteiger partial charge is 0.244 e. The molecule has 0 spiro atoms. The van der Waals surface area contributed by atoms with Crippen LogP contribution in [0.2, 0.25) is 0 Å². The Morgan fingerprint density at radius 3 is 2.29 bits per heavy atom. The van der Waals surface area contributed by atoms with Gasteiger partial charge in [-0.05, 0) is 77.6 Å². The quantitative estimate of drug-likeness (QED) is 0.330. The number of hydrogen-bond acceptors (Lipinski definition) is 4. The summed E-state index contributed by atoms with van der Waals surface area (Å²) in [5.41, 5.74) is 3.10. The minimum absolute atomic E-state index is 0.0494. The summed E-state index contributed by atoms with van der Waals surface area (Å²) in [5, 5.41) is 0. The second kappa shape index (κ2) is 11.4. The van der Waals surface area contributed by atoms with E-state index in [1.807, 2.05) is 48.5 Å². The number of carbonyl (C=O) groups excluding carboxylic acids is 1. The van der Waals surface area contributed by atoms with Crippen molar-refractivity contribution in [1.29, 1.82) is 0 Å². The van der Waals surface area contributed by atoms with Crippen molar-refractivity contribution in [1.82, 2.24) is 4.31 Å². The van der Waals surface area contributed by atoms with Gasteiger partial charge in [-0.3, -0.25) is 4.79 Å². The fourth-order valence-corrected chi connectivity index (χ4v) is 6.90. The Labute approximate surface area is 225 Å². The number of ether oxygens (including phenoxy) is 1. The first-order valence-corrected chi connectivity index (χ1v) is 14.5. The van der Waals surface area contributed by atoms with Crippen LogP contribution in [-0.2, 0) is 26.7 Å². The molecule has 3 aromatic carbocycles. The number of nitrogens with zero attached hydrogens (tertiary/aromatic N) is 1. The van der Waals surface area contributed by atoms with Gasteiger partial charge in [0.1, 0.15) is 17.3 Å². The zero-order valence-electron chi connectivity index (χ0n) is 22.5. The molecule has 1 aliphatic heterocycles. The van der Waals surface area contributed by atoms with E-state index >= 15 is 0 Å². The van der Waals surface area contributed by atoms with E-state index in [9.17, 15) is 17.6 Å². The zero-order valence-corrected chi connectivity index (χ0v) is 23.3. The molecule has 0 aliphatic carbocycles. The van der Waals surface area contributed by atoms with E-state index < -0.39 is 21.9 Å². The predicted molar refractivity (Wildman–Crippen MR) is 147 cm³/mol. The fourth-order valence-electron chi connectivity index (χ4n) is 5.21. The summed E-state index contributed by atoms with van der Waals surface area (Å²) in [7, 11) is -2.48. The van der Waals surface area contributed by atoms with Crippen LogP contribution in [0.3, 0.4) is 0 Å². The Kier molecular flexibility index (Phi) is 8.38. The lowest BCUT2D eigenvalue weighted by Crippen LogP contribution is -2.46. The number of aryl methyl sites for hydroxylation is 1. The minimum Gasteiger partial charge on any atom is -0.497 e. The van der Waals surface area contributed by atoms with E-state index in [1.165, 1.54) is 22.5 Å². The van der Waals surface area contributed by atoms with Gasteiger partial charge in [0.05, 0.1) is 24.6 Å². The summed E-state index contributed by atoms with van der Waals surface area (Å²) in [6.45, 7) is 6.16. The Morgan fingerprint density at radius 1 is 1.00 bits per heavy atom. The maximum absolute atomic E-state index is 14.0. The van der Waals surface area contributed by atoms with Crippen molar-refractivity contribution in [2.45, 2.75) is 62.8 Å². The van der Waals surface area contributed by atoms with Crippen molar-refractivity contribution in [3.05, 3.63) is 95.3 Å². The molecule has 1 aliphatic rings. The number of piperidine rings is 1. The van der Waals surface area contributed by atoms with E-state index in [1.54, 1.807) is 7.11 Å². The minimum atomic E-state index is -4.11. The molecule has 202 valence electrons. The van der Waals surface area contributed by atoms with Crippen molar-refractivity contribution < 1.29 is 22.3 Å². The number of sulfonamides is 1. The number of carbonyl (C=O) groups is 1. The van der Waals surface area contributed by atoms with Gasteiger partial charge < -0.3 is 4.74 Å². The SMILES string of the molecule is COc1ccc(CCCC2CC(=O)CN(S(=O)(=O)c3cccc(F)c3)C2c2ccc(C(C)(C)C)cc2)cc1. The number of ketones is 1. The van der Waals surface area contributed by atoms with E-state index in [0.29, 0.717) is 12.8 Å². The lowest BCUT2D eigenvalue weighted by Gasteiger charge is -2.40. The molecule has 0 N–H and O–H groups in total. The molecule has 1 heterocycles. The van der Waals surface area contributed by atoms with E-state index in [4.69, 9.17) is 4.74 Å². The normalized spacial score (nSPS) is 18.9. The molecule has 0 bridgehead atoms. The summed E-state index contributed by atoms with van der Waals surface area (Å²) >= 11 is 0. The molecule has 0 saturated carbocycles. The average Bonchev–Trinajstić information content (AvgIpc) is 2.88. The summed E-state index contributed by atoms with van der Waals surface area (Å²) < 4.78 is 48.1. The van der Waals surface area contributed by atoms with Crippen molar-refractivity contribution in [3.8, 4) is 5.75 Å². The molecule has 7 heteroatoms. The molecule has 1 saturated heterocycles. The Morgan fingerprint density at radius 2 is 1.68 bits per heavy atom. The van der Waals surface area contributed by atoms with Gasteiger partial charge in [-0.2, -0.15) is 4.31 Å². The van der Waals surface area contributed by atoms with Gasteiger partial charge in [-0.15, -0.1) is 0 Å². The summed E-state index contributed by atoms with van der Waals surface area (Å²) in [5.74, 6) is -0.152. The van der Waals surface area contributed by atoms with Crippen LogP contribution in [0.1, 0.15) is 62.8 Å². The highest BCUT2D eigenvalue weighted by atomic mass is 32.2.